The summed E-state index contributed by atoms with van der Waals surface area (Å²) in [6.07, 6.45) is 6.62. The first-order valence-electron chi connectivity index (χ1n) is 11.9. The number of carbonyl (C=O) groups excluding carboxylic acids is 2. The van der Waals surface area contributed by atoms with Crippen LogP contribution in [0.1, 0.15) is 55.5 Å². The maximum atomic E-state index is 12.6. The summed E-state index contributed by atoms with van der Waals surface area (Å²) in [5.41, 5.74) is 4.36. The third-order valence-electron chi connectivity index (χ3n) is 6.12. The Kier molecular flexibility index (Phi) is 9.81. The molecule has 1 saturated heterocycles. The maximum Gasteiger partial charge on any atom is 0.222 e. The summed E-state index contributed by atoms with van der Waals surface area (Å²) in [6.45, 7) is 10.1. The average Bonchev–Trinajstić information content (AvgIpc) is 3.15. The quantitative estimate of drug-likeness (QED) is 0.278. The lowest BCUT2D eigenvalue weighted by atomic mass is 10.0. The fourth-order valence-corrected chi connectivity index (χ4v) is 5.18. The van der Waals surface area contributed by atoms with Gasteiger partial charge in [-0.05, 0) is 62.8 Å². The molecule has 0 spiro atoms. The van der Waals surface area contributed by atoms with Crippen LogP contribution in [0.4, 0.5) is 0 Å². The van der Waals surface area contributed by atoms with Crippen LogP contribution >= 0.6 is 11.9 Å². The number of unbranched alkanes of at least 4 members (excludes halogenated alkanes) is 4. The minimum Gasteiger partial charge on any atom is -0.361 e. The molecule has 1 aromatic carbocycles. The standard InChI is InChI=1S/C25H36N4O3S/c1-19-10-11-22(25-20(2)27-32-21(25)3)17-23(19)33-29-15-13-28(14-16-29)24(31)9-7-5-4-6-8-12-26-18-30/h10-11,17-18H,4-9,12-16H2,1-3H3,(H,26,30). The highest BCUT2D eigenvalue weighted by molar-refractivity contribution is 7.97. The van der Waals surface area contributed by atoms with Crippen LogP contribution in [0.15, 0.2) is 27.6 Å². The van der Waals surface area contributed by atoms with E-state index in [1.54, 1.807) is 11.9 Å². The van der Waals surface area contributed by atoms with Crippen LogP contribution in [0.3, 0.4) is 0 Å². The number of rotatable bonds is 12. The molecule has 0 unspecified atom stereocenters. The number of aryl methyl sites for hydroxylation is 3. The monoisotopic (exact) mass is 472 g/mol. The summed E-state index contributed by atoms with van der Waals surface area (Å²) in [7, 11) is 0. The number of hydrogen-bond donors (Lipinski definition) is 1. The van der Waals surface area contributed by atoms with Crippen molar-refractivity contribution in [1.82, 2.24) is 19.7 Å². The van der Waals surface area contributed by atoms with E-state index in [4.69, 9.17) is 4.52 Å². The molecule has 0 saturated carbocycles. The zero-order valence-corrected chi connectivity index (χ0v) is 20.9. The van der Waals surface area contributed by atoms with Crippen molar-refractivity contribution in [3.63, 3.8) is 0 Å². The Balaban J connectivity index is 1.42. The van der Waals surface area contributed by atoms with Gasteiger partial charge in [0.25, 0.3) is 0 Å². The van der Waals surface area contributed by atoms with Gasteiger partial charge in [-0.3, -0.25) is 9.59 Å². The SMILES string of the molecule is Cc1ccc(-c2c(C)noc2C)cc1SN1CCN(C(=O)CCCCCCCNC=O)CC1. The largest absolute Gasteiger partial charge is 0.361 e. The minimum atomic E-state index is 0.277. The van der Waals surface area contributed by atoms with Gasteiger partial charge in [0.05, 0.1) is 5.69 Å². The highest BCUT2D eigenvalue weighted by Crippen LogP contribution is 2.34. The van der Waals surface area contributed by atoms with Crippen LogP contribution in [-0.2, 0) is 9.59 Å². The third kappa shape index (κ3) is 7.33. The molecule has 0 radical (unpaired) electrons. The normalized spacial score (nSPS) is 14.5. The lowest BCUT2D eigenvalue weighted by Gasteiger charge is -2.34. The van der Waals surface area contributed by atoms with Crippen LogP contribution in [0.25, 0.3) is 11.1 Å². The number of nitrogens with zero attached hydrogens (tertiary/aromatic N) is 3. The molecule has 2 heterocycles. The van der Waals surface area contributed by atoms with Gasteiger partial charge >= 0.3 is 0 Å². The third-order valence-corrected chi connectivity index (χ3v) is 7.38. The zero-order valence-electron chi connectivity index (χ0n) is 20.1. The van der Waals surface area contributed by atoms with Crippen molar-refractivity contribution < 1.29 is 14.1 Å². The molecule has 0 aliphatic carbocycles. The Morgan fingerprint density at radius 2 is 1.82 bits per heavy atom. The van der Waals surface area contributed by atoms with E-state index in [0.29, 0.717) is 6.42 Å². The number of piperazine rings is 1. The van der Waals surface area contributed by atoms with Crippen LogP contribution in [0.5, 0.6) is 0 Å². The van der Waals surface area contributed by atoms with Crippen molar-refractivity contribution in [2.24, 2.45) is 0 Å². The molecule has 2 amide bonds. The number of benzene rings is 1. The molecule has 1 aliphatic heterocycles. The minimum absolute atomic E-state index is 0.277. The summed E-state index contributed by atoms with van der Waals surface area (Å²) >= 11 is 1.78. The Morgan fingerprint density at radius 3 is 2.52 bits per heavy atom. The number of carbonyl (C=O) groups is 2. The molecule has 0 atom stereocenters. The molecule has 1 aliphatic rings. The van der Waals surface area contributed by atoms with Crippen LogP contribution < -0.4 is 5.32 Å². The maximum absolute atomic E-state index is 12.6. The fraction of sp³-hybridized carbons (Fsp3) is 0.560. The summed E-state index contributed by atoms with van der Waals surface area (Å²) in [4.78, 5) is 26.0. The van der Waals surface area contributed by atoms with E-state index in [-0.39, 0.29) is 5.91 Å². The van der Waals surface area contributed by atoms with E-state index in [1.165, 1.54) is 10.5 Å². The Bertz CT molecular complexity index is 903. The first kappa shape index (κ1) is 25.3. The summed E-state index contributed by atoms with van der Waals surface area (Å²) in [6, 6.07) is 6.51. The first-order chi connectivity index (χ1) is 16.0. The number of hydrogen-bond acceptors (Lipinski definition) is 6. The van der Waals surface area contributed by atoms with Crippen molar-refractivity contribution >= 4 is 24.3 Å². The van der Waals surface area contributed by atoms with E-state index in [2.05, 4.69) is 39.9 Å². The van der Waals surface area contributed by atoms with Gasteiger partial charge in [-0.25, -0.2) is 4.31 Å². The molecule has 8 heteroatoms. The fourth-order valence-electron chi connectivity index (χ4n) is 4.17. The number of amides is 2. The summed E-state index contributed by atoms with van der Waals surface area (Å²) in [5.74, 6) is 1.12. The van der Waals surface area contributed by atoms with E-state index < -0.39 is 0 Å². The summed E-state index contributed by atoms with van der Waals surface area (Å²) in [5, 5.41) is 6.77. The van der Waals surface area contributed by atoms with Crippen LogP contribution in [-0.4, -0.2) is 59.4 Å². The van der Waals surface area contributed by atoms with E-state index in [0.717, 1.165) is 93.8 Å². The van der Waals surface area contributed by atoms with E-state index in [9.17, 15) is 9.59 Å². The van der Waals surface area contributed by atoms with Crippen molar-refractivity contribution in [3.8, 4) is 11.1 Å². The Hall–Kier alpha value is -2.32. The Labute approximate surface area is 201 Å². The molecule has 1 fully saturated rings. The topological polar surface area (TPSA) is 78.7 Å². The predicted octanol–water partition coefficient (Wildman–Crippen LogP) is 4.50. The van der Waals surface area contributed by atoms with Crippen molar-refractivity contribution in [2.45, 2.75) is 64.2 Å². The molecule has 33 heavy (non-hydrogen) atoms. The molecule has 1 aromatic heterocycles. The summed E-state index contributed by atoms with van der Waals surface area (Å²) < 4.78 is 7.70. The second-order valence-electron chi connectivity index (χ2n) is 8.67. The molecule has 3 rings (SSSR count). The molecule has 0 bridgehead atoms. The van der Waals surface area contributed by atoms with Gasteiger partial charge in [0.15, 0.2) is 0 Å². The predicted molar refractivity (Wildman–Crippen MR) is 132 cm³/mol. The second kappa shape index (κ2) is 12.8. The van der Waals surface area contributed by atoms with Gasteiger partial charge in [-0.15, -0.1) is 0 Å². The lowest BCUT2D eigenvalue weighted by Crippen LogP contribution is -2.46. The van der Waals surface area contributed by atoms with Crippen LogP contribution in [0.2, 0.25) is 0 Å². The molecular weight excluding hydrogens is 436 g/mol. The van der Waals surface area contributed by atoms with E-state index >= 15 is 0 Å². The van der Waals surface area contributed by atoms with Crippen LogP contribution in [0, 0.1) is 20.8 Å². The van der Waals surface area contributed by atoms with Gasteiger partial charge in [0.2, 0.25) is 12.3 Å². The number of aromatic nitrogens is 1. The van der Waals surface area contributed by atoms with Crippen molar-refractivity contribution in [2.75, 3.05) is 32.7 Å². The Morgan fingerprint density at radius 1 is 1.09 bits per heavy atom. The number of nitrogens with one attached hydrogen (secondary N) is 1. The molecule has 180 valence electrons. The highest BCUT2D eigenvalue weighted by Gasteiger charge is 2.22. The highest BCUT2D eigenvalue weighted by atomic mass is 32.2. The molecular formula is C25H36N4O3S. The lowest BCUT2D eigenvalue weighted by molar-refractivity contribution is -0.132. The van der Waals surface area contributed by atoms with Gasteiger partial charge in [0, 0.05) is 49.6 Å². The van der Waals surface area contributed by atoms with Gasteiger partial charge in [0.1, 0.15) is 5.76 Å². The molecule has 7 nitrogen and oxygen atoms in total. The first-order valence-corrected chi connectivity index (χ1v) is 12.7. The molecule has 2 aromatic rings. The van der Waals surface area contributed by atoms with Gasteiger partial charge in [-0.1, -0.05) is 36.6 Å². The molecule has 1 N–H and O–H groups in total. The second-order valence-corrected chi connectivity index (χ2v) is 9.81. The van der Waals surface area contributed by atoms with Gasteiger partial charge < -0.3 is 14.7 Å². The zero-order chi connectivity index (χ0) is 23.6. The van der Waals surface area contributed by atoms with E-state index in [1.807, 2.05) is 18.7 Å². The van der Waals surface area contributed by atoms with Crippen molar-refractivity contribution in [1.29, 1.82) is 0 Å². The van der Waals surface area contributed by atoms with Crippen molar-refractivity contribution in [3.05, 3.63) is 35.2 Å². The average molecular weight is 473 g/mol. The smallest absolute Gasteiger partial charge is 0.222 e. The van der Waals surface area contributed by atoms with Gasteiger partial charge in [-0.2, -0.15) is 0 Å².